The van der Waals surface area contributed by atoms with E-state index >= 15 is 0 Å². The summed E-state index contributed by atoms with van der Waals surface area (Å²) in [5.74, 6) is -0.172. The first-order valence-corrected chi connectivity index (χ1v) is 4.72. The fourth-order valence-corrected chi connectivity index (χ4v) is 1.79. The summed E-state index contributed by atoms with van der Waals surface area (Å²) in [5, 5.41) is 0. The van der Waals surface area contributed by atoms with Crippen LogP contribution >= 0.6 is 0 Å². The largest absolute Gasteiger partial charge is 0.327 e. The molecule has 0 N–H and O–H groups in total. The molecule has 0 aromatic heterocycles. The van der Waals surface area contributed by atoms with E-state index in [2.05, 4.69) is 0 Å². The Balaban J connectivity index is 2.39. The van der Waals surface area contributed by atoms with E-state index in [1.54, 1.807) is 7.05 Å². The van der Waals surface area contributed by atoms with Crippen molar-refractivity contribution in [2.75, 3.05) is 14.1 Å². The van der Waals surface area contributed by atoms with Gasteiger partial charge in [0.25, 0.3) is 5.91 Å². The molecule has 3 amide bonds. The molecule has 1 aromatic carbocycles. The van der Waals surface area contributed by atoms with Gasteiger partial charge < -0.3 is 4.90 Å². The highest BCUT2D eigenvalue weighted by Crippen LogP contribution is 2.27. The molecular weight excluding hydrogens is 192 g/mol. The quantitative estimate of drug-likeness (QED) is 0.646. The van der Waals surface area contributed by atoms with Crippen LogP contribution in [0.25, 0.3) is 0 Å². The van der Waals surface area contributed by atoms with Crippen LogP contribution in [0.4, 0.5) is 4.79 Å². The molecule has 1 aromatic rings. The van der Waals surface area contributed by atoms with E-state index in [-0.39, 0.29) is 11.9 Å². The van der Waals surface area contributed by atoms with Crippen molar-refractivity contribution in [2.45, 2.75) is 6.04 Å². The van der Waals surface area contributed by atoms with Gasteiger partial charge in [-0.05, 0) is 5.56 Å². The smallest absolute Gasteiger partial charge is 0.311 e. The third kappa shape index (κ3) is 1.38. The first-order chi connectivity index (χ1) is 7.13. The first kappa shape index (κ1) is 9.71. The van der Waals surface area contributed by atoms with Crippen LogP contribution in [-0.4, -0.2) is 35.8 Å². The molecule has 1 fully saturated rings. The second-order valence-corrected chi connectivity index (χ2v) is 3.60. The second kappa shape index (κ2) is 3.38. The molecule has 78 valence electrons. The molecule has 1 aliphatic rings. The molecule has 1 atom stereocenters. The van der Waals surface area contributed by atoms with Gasteiger partial charge >= 0.3 is 6.03 Å². The molecule has 1 heterocycles. The molecule has 0 saturated carbocycles. The highest BCUT2D eigenvalue weighted by Gasteiger charge is 2.41. The van der Waals surface area contributed by atoms with E-state index in [1.807, 2.05) is 30.3 Å². The predicted molar refractivity (Wildman–Crippen MR) is 55.1 cm³/mol. The van der Waals surface area contributed by atoms with Crippen molar-refractivity contribution < 1.29 is 9.59 Å². The van der Waals surface area contributed by atoms with Gasteiger partial charge in [0.05, 0.1) is 0 Å². The minimum absolute atomic E-state index is 0.172. The molecule has 0 bridgehead atoms. The average molecular weight is 204 g/mol. The second-order valence-electron chi connectivity index (χ2n) is 3.60. The molecule has 4 heteroatoms. The highest BCUT2D eigenvalue weighted by molar-refractivity contribution is 6.04. The Morgan fingerprint density at radius 1 is 1.07 bits per heavy atom. The van der Waals surface area contributed by atoms with Gasteiger partial charge in [0.2, 0.25) is 0 Å². The minimum atomic E-state index is -0.469. The van der Waals surface area contributed by atoms with Gasteiger partial charge in [0.15, 0.2) is 0 Å². The Hall–Kier alpha value is -1.84. The molecule has 1 aliphatic heterocycles. The first-order valence-electron chi connectivity index (χ1n) is 4.72. The number of nitrogens with zero attached hydrogens (tertiary/aromatic N) is 2. The Kier molecular flexibility index (Phi) is 2.19. The van der Waals surface area contributed by atoms with Crippen LogP contribution in [0.2, 0.25) is 0 Å². The molecule has 4 nitrogen and oxygen atoms in total. The van der Waals surface area contributed by atoms with Gasteiger partial charge in [0, 0.05) is 14.1 Å². The summed E-state index contributed by atoms with van der Waals surface area (Å²) in [4.78, 5) is 25.9. The van der Waals surface area contributed by atoms with Crippen LogP contribution in [0.5, 0.6) is 0 Å². The zero-order valence-corrected chi connectivity index (χ0v) is 8.68. The molecule has 1 saturated heterocycles. The zero-order valence-electron chi connectivity index (χ0n) is 8.68. The van der Waals surface area contributed by atoms with Crippen molar-refractivity contribution in [3.8, 4) is 0 Å². The molecule has 0 spiro atoms. The number of hydrogen-bond acceptors (Lipinski definition) is 2. The monoisotopic (exact) mass is 204 g/mol. The van der Waals surface area contributed by atoms with E-state index in [0.717, 1.165) is 10.5 Å². The lowest BCUT2D eigenvalue weighted by Gasteiger charge is -2.15. The number of carbonyl (C=O) groups excluding carboxylic acids is 2. The van der Waals surface area contributed by atoms with Gasteiger partial charge in [0.1, 0.15) is 6.04 Å². The topological polar surface area (TPSA) is 40.6 Å². The number of likely N-dealkylation sites (N-methyl/N-ethyl adjacent to an activating group) is 2. The van der Waals surface area contributed by atoms with Crippen LogP contribution in [0.15, 0.2) is 30.3 Å². The molecule has 2 rings (SSSR count). The van der Waals surface area contributed by atoms with Gasteiger partial charge in [-0.1, -0.05) is 30.3 Å². The van der Waals surface area contributed by atoms with Crippen molar-refractivity contribution >= 4 is 11.9 Å². The van der Waals surface area contributed by atoms with E-state index < -0.39 is 6.04 Å². The number of rotatable bonds is 1. The predicted octanol–water partition coefficient (Wildman–Crippen LogP) is 1.25. The SMILES string of the molecule is CN1C(=O)C(c2ccccc2)N(C)C1=O. The maximum Gasteiger partial charge on any atom is 0.327 e. The number of carbonyl (C=O) groups is 2. The summed E-state index contributed by atoms with van der Waals surface area (Å²) in [5.41, 5.74) is 0.850. The van der Waals surface area contributed by atoms with E-state index in [4.69, 9.17) is 0 Å². The fraction of sp³-hybridized carbons (Fsp3) is 0.273. The lowest BCUT2D eigenvalue weighted by atomic mass is 10.1. The van der Waals surface area contributed by atoms with Gasteiger partial charge in [-0.15, -0.1) is 0 Å². The Morgan fingerprint density at radius 3 is 2.13 bits per heavy atom. The molecular formula is C11H12N2O2. The molecule has 0 radical (unpaired) electrons. The average Bonchev–Trinajstić information content (AvgIpc) is 2.45. The summed E-state index contributed by atoms with van der Waals surface area (Å²) >= 11 is 0. The van der Waals surface area contributed by atoms with Crippen molar-refractivity contribution in [3.05, 3.63) is 35.9 Å². The number of urea groups is 1. The summed E-state index contributed by atoms with van der Waals surface area (Å²) in [6.45, 7) is 0. The fourth-order valence-electron chi connectivity index (χ4n) is 1.79. The van der Waals surface area contributed by atoms with Crippen LogP contribution in [-0.2, 0) is 4.79 Å². The van der Waals surface area contributed by atoms with Crippen molar-refractivity contribution in [1.29, 1.82) is 0 Å². The van der Waals surface area contributed by atoms with Crippen LogP contribution in [0.1, 0.15) is 11.6 Å². The Labute approximate surface area is 88.1 Å². The summed E-state index contributed by atoms with van der Waals surface area (Å²) in [6.07, 6.45) is 0. The van der Waals surface area contributed by atoms with Gasteiger partial charge in [-0.2, -0.15) is 0 Å². The van der Waals surface area contributed by atoms with Crippen LogP contribution < -0.4 is 0 Å². The lowest BCUT2D eigenvalue weighted by molar-refractivity contribution is -0.127. The van der Waals surface area contributed by atoms with E-state index in [9.17, 15) is 9.59 Å². The van der Waals surface area contributed by atoms with Crippen molar-refractivity contribution in [2.24, 2.45) is 0 Å². The summed E-state index contributed by atoms with van der Waals surface area (Å²) in [7, 11) is 3.14. The highest BCUT2D eigenvalue weighted by atomic mass is 16.2. The number of benzene rings is 1. The summed E-state index contributed by atoms with van der Waals surface area (Å²) < 4.78 is 0. The van der Waals surface area contributed by atoms with Gasteiger partial charge in [-0.3, -0.25) is 9.69 Å². The molecule has 15 heavy (non-hydrogen) atoms. The Bertz CT molecular complexity index is 402. The summed E-state index contributed by atoms with van der Waals surface area (Å²) in [6, 6.07) is 8.59. The maximum absolute atomic E-state index is 11.8. The maximum atomic E-state index is 11.8. The number of amides is 3. The molecule has 1 unspecified atom stereocenters. The normalized spacial score (nSPS) is 21.3. The standard InChI is InChI=1S/C11H12N2O2/c1-12-9(8-6-4-3-5-7-8)10(14)13(2)11(12)15/h3-7,9H,1-2H3. The van der Waals surface area contributed by atoms with Crippen LogP contribution in [0.3, 0.4) is 0 Å². The van der Waals surface area contributed by atoms with Gasteiger partial charge in [-0.25, -0.2) is 4.79 Å². The Morgan fingerprint density at radius 2 is 1.67 bits per heavy atom. The minimum Gasteiger partial charge on any atom is -0.311 e. The third-order valence-electron chi connectivity index (χ3n) is 2.66. The molecule has 0 aliphatic carbocycles. The van der Waals surface area contributed by atoms with Crippen molar-refractivity contribution in [1.82, 2.24) is 9.80 Å². The lowest BCUT2D eigenvalue weighted by Crippen LogP contribution is -2.27. The van der Waals surface area contributed by atoms with E-state index in [1.165, 1.54) is 11.9 Å². The third-order valence-corrected chi connectivity index (χ3v) is 2.66. The van der Waals surface area contributed by atoms with E-state index in [0.29, 0.717) is 0 Å². The van der Waals surface area contributed by atoms with Crippen LogP contribution in [0, 0.1) is 0 Å². The number of imide groups is 1. The number of hydrogen-bond donors (Lipinski definition) is 0. The van der Waals surface area contributed by atoms with Crippen molar-refractivity contribution in [3.63, 3.8) is 0 Å². The zero-order chi connectivity index (χ0) is 11.0.